The number of hydrogen-bond donors (Lipinski definition) is 3. The molecule has 3 N–H and O–H groups in total. The number of aliphatic hydroxyl groups excluding tert-OH is 1. The number of imide groups is 1. The predicted molar refractivity (Wildman–Crippen MR) is 222 cm³/mol. The Hall–Kier alpha value is -5.49. The number of phenolic OH excluding ortho intramolecular Hbond substituents is 1. The normalized spacial score (nSPS) is 23.0. The van der Waals surface area contributed by atoms with E-state index in [0.717, 1.165) is 93.0 Å². The lowest BCUT2D eigenvalue weighted by Gasteiger charge is -2.36. The van der Waals surface area contributed by atoms with Gasteiger partial charge in [0.1, 0.15) is 17.5 Å². The summed E-state index contributed by atoms with van der Waals surface area (Å²) >= 11 is 0. The molecular formula is C47H52N4O7. The van der Waals surface area contributed by atoms with Gasteiger partial charge in [-0.2, -0.15) is 0 Å². The summed E-state index contributed by atoms with van der Waals surface area (Å²) in [5.41, 5.74) is 7.59. The molecule has 0 spiro atoms. The van der Waals surface area contributed by atoms with E-state index in [2.05, 4.69) is 70.6 Å². The van der Waals surface area contributed by atoms with Crippen molar-refractivity contribution >= 4 is 34.6 Å². The molecule has 4 aromatic rings. The molecule has 3 amide bonds. The Balaban J connectivity index is 0.785. The maximum absolute atomic E-state index is 13.2. The molecule has 58 heavy (non-hydrogen) atoms. The maximum Gasteiger partial charge on any atom is 0.257 e. The first-order valence-electron chi connectivity index (χ1n) is 20.7. The number of nitrogens with zero attached hydrogens (tertiary/aromatic N) is 3. The number of fused-ring (bicyclic) bond motifs is 1. The second-order valence-corrected chi connectivity index (χ2v) is 15.7. The quantitative estimate of drug-likeness (QED) is 0.108. The van der Waals surface area contributed by atoms with Gasteiger partial charge in [-0.05, 0) is 109 Å². The van der Waals surface area contributed by atoms with Crippen molar-refractivity contribution in [3.63, 3.8) is 0 Å². The minimum atomic E-state index is -1.23. The molecule has 3 fully saturated rings. The molecular weight excluding hydrogens is 733 g/mol. The van der Waals surface area contributed by atoms with Crippen LogP contribution < -0.4 is 15.0 Å². The fourth-order valence-corrected chi connectivity index (χ4v) is 8.91. The summed E-state index contributed by atoms with van der Waals surface area (Å²) in [6, 6.07) is 31.0. The van der Waals surface area contributed by atoms with Gasteiger partial charge in [0, 0.05) is 56.0 Å². The van der Waals surface area contributed by atoms with Gasteiger partial charge in [-0.15, -0.1) is 0 Å². The zero-order valence-electron chi connectivity index (χ0n) is 33.0. The highest BCUT2D eigenvalue weighted by Crippen LogP contribution is 2.38. The van der Waals surface area contributed by atoms with Crippen LogP contribution in [0.4, 0.5) is 5.69 Å². The van der Waals surface area contributed by atoms with Crippen LogP contribution in [0.15, 0.2) is 97.1 Å². The van der Waals surface area contributed by atoms with Crippen molar-refractivity contribution < 1.29 is 34.1 Å². The van der Waals surface area contributed by atoms with Crippen LogP contribution >= 0.6 is 0 Å². The van der Waals surface area contributed by atoms with Crippen LogP contribution in [0.25, 0.3) is 11.1 Å². The van der Waals surface area contributed by atoms with Crippen molar-refractivity contribution in [2.24, 2.45) is 0 Å². The van der Waals surface area contributed by atoms with Crippen molar-refractivity contribution in [1.29, 1.82) is 0 Å². The molecule has 2 unspecified atom stereocenters. The van der Waals surface area contributed by atoms with Crippen LogP contribution in [0.1, 0.15) is 90.7 Å². The van der Waals surface area contributed by atoms with Gasteiger partial charge in [-0.3, -0.25) is 29.5 Å². The Morgan fingerprint density at radius 1 is 0.776 bits per heavy atom. The van der Waals surface area contributed by atoms with Crippen LogP contribution in [-0.2, 0) is 14.3 Å². The van der Waals surface area contributed by atoms with E-state index >= 15 is 0 Å². The third kappa shape index (κ3) is 8.53. The molecule has 302 valence electrons. The average Bonchev–Trinajstić information content (AvgIpc) is 3.49. The first-order valence-corrected chi connectivity index (χ1v) is 20.7. The number of anilines is 1. The summed E-state index contributed by atoms with van der Waals surface area (Å²) in [4.78, 5) is 43.1. The minimum Gasteiger partial charge on any atom is -0.508 e. The zero-order chi connectivity index (χ0) is 40.2. The fourth-order valence-electron chi connectivity index (χ4n) is 8.91. The smallest absolute Gasteiger partial charge is 0.257 e. The molecule has 1 saturated carbocycles. The van der Waals surface area contributed by atoms with E-state index in [9.17, 15) is 24.6 Å². The van der Waals surface area contributed by atoms with Gasteiger partial charge >= 0.3 is 0 Å². The third-order valence-electron chi connectivity index (χ3n) is 12.1. The lowest BCUT2D eigenvalue weighted by molar-refractivity contribution is -0.139. The average molecular weight is 785 g/mol. The molecule has 3 heterocycles. The van der Waals surface area contributed by atoms with Gasteiger partial charge in [-0.25, -0.2) is 0 Å². The third-order valence-corrected chi connectivity index (χ3v) is 12.1. The highest BCUT2D eigenvalue weighted by Gasteiger charge is 2.44. The number of benzene rings is 4. The van der Waals surface area contributed by atoms with Crippen LogP contribution in [-0.4, -0.2) is 95.3 Å². The van der Waals surface area contributed by atoms with Gasteiger partial charge < -0.3 is 24.6 Å². The van der Waals surface area contributed by atoms with Crippen LogP contribution in [0.5, 0.6) is 11.5 Å². The number of carbonyl (C=O) groups excluding carboxylic acids is 3. The number of piperazine rings is 1. The highest BCUT2D eigenvalue weighted by molar-refractivity contribution is 6.06. The summed E-state index contributed by atoms with van der Waals surface area (Å²) in [7, 11) is 0. The monoisotopic (exact) mass is 784 g/mol. The topological polar surface area (TPSA) is 132 Å². The molecule has 11 heteroatoms. The molecule has 0 radical (unpaired) electrons. The molecule has 1 aliphatic carbocycles. The second-order valence-electron chi connectivity index (χ2n) is 15.7. The number of rotatable bonds is 12. The highest BCUT2D eigenvalue weighted by atomic mass is 16.5. The van der Waals surface area contributed by atoms with Gasteiger partial charge in [0.05, 0.1) is 18.8 Å². The molecule has 8 rings (SSSR count). The van der Waals surface area contributed by atoms with Gasteiger partial charge in [0.2, 0.25) is 11.8 Å². The van der Waals surface area contributed by atoms with E-state index in [0.29, 0.717) is 17.7 Å². The van der Waals surface area contributed by atoms with E-state index in [1.807, 2.05) is 30.3 Å². The number of aliphatic hydroxyl groups is 1. The number of piperidine rings is 1. The SMILES string of the molecule is CC/C(=C(\c1ccc(O)cc1)c1ccc(OC2CCC(OCCN3CCN(c4ccc5c(c4)C(O)N(C4CCC(=O)NC4=O)C5=O)CC3)CC2)cc1)c1ccccc1. The summed E-state index contributed by atoms with van der Waals surface area (Å²) in [6.45, 7) is 7.10. The Bertz CT molecular complexity index is 2120. The minimum absolute atomic E-state index is 0.136. The van der Waals surface area contributed by atoms with Gasteiger partial charge in [0.15, 0.2) is 6.23 Å². The first-order chi connectivity index (χ1) is 28.2. The number of aromatic hydroxyl groups is 1. The number of hydrogen-bond acceptors (Lipinski definition) is 9. The Morgan fingerprint density at radius 2 is 1.45 bits per heavy atom. The number of allylic oxidation sites excluding steroid dienone is 1. The largest absolute Gasteiger partial charge is 0.508 e. The van der Waals surface area contributed by atoms with Crippen molar-refractivity contribution in [2.75, 3.05) is 44.2 Å². The van der Waals surface area contributed by atoms with E-state index < -0.39 is 18.2 Å². The summed E-state index contributed by atoms with van der Waals surface area (Å²) in [6.07, 6.45) is 4.18. The van der Waals surface area contributed by atoms with Crippen LogP contribution in [0.3, 0.4) is 0 Å². The summed E-state index contributed by atoms with van der Waals surface area (Å²) < 4.78 is 12.8. The number of amides is 3. The van der Waals surface area contributed by atoms with E-state index in [-0.39, 0.29) is 42.6 Å². The second kappa shape index (κ2) is 17.6. The molecule has 2 atom stereocenters. The van der Waals surface area contributed by atoms with Crippen molar-refractivity contribution in [3.05, 3.63) is 125 Å². The molecule has 2 saturated heterocycles. The first kappa shape index (κ1) is 39.3. The van der Waals surface area contributed by atoms with E-state index in [1.165, 1.54) is 16.0 Å². The lowest BCUT2D eigenvalue weighted by Crippen LogP contribution is -2.53. The number of ether oxygens (including phenoxy) is 2. The fraction of sp³-hybridized carbons (Fsp3) is 0.383. The summed E-state index contributed by atoms with van der Waals surface area (Å²) in [5, 5.41) is 23.4. The molecule has 3 aliphatic heterocycles. The zero-order valence-corrected chi connectivity index (χ0v) is 33.0. The van der Waals surface area contributed by atoms with Crippen molar-refractivity contribution in [1.82, 2.24) is 15.1 Å². The standard InChI is InChI=1S/C47H52N4O7/c1-2-39(31-6-4-3-5-7-31)44(32-8-13-35(52)14-9-32)33-10-15-37(16-11-33)58-38-19-17-36(18-20-38)57-29-28-49-24-26-50(27-25-49)34-12-21-40-41(30-34)47(56)51(46(40)55)42-22-23-43(53)48-45(42)54/h3-16,21,30,36,38,42,47,52,56H,2,17-20,22-29H2,1H3,(H,48,53,54)/b44-39-. The maximum atomic E-state index is 13.2. The number of phenols is 1. The van der Waals surface area contributed by atoms with Crippen molar-refractivity contribution in [3.8, 4) is 11.5 Å². The van der Waals surface area contributed by atoms with Crippen LogP contribution in [0, 0.1) is 0 Å². The molecule has 0 bridgehead atoms. The Labute approximate surface area is 339 Å². The lowest BCUT2D eigenvalue weighted by atomic mass is 9.88. The number of carbonyl (C=O) groups is 3. The molecule has 4 aromatic carbocycles. The Kier molecular flexibility index (Phi) is 11.9. The predicted octanol–water partition coefficient (Wildman–Crippen LogP) is 6.54. The van der Waals surface area contributed by atoms with Crippen LogP contribution in [0.2, 0.25) is 0 Å². The van der Waals surface area contributed by atoms with Crippen molar-refractivity contribution in [2.45, 2.75) is 76.3 Å². The Morgan fingerprint density at radius 3 is 2.12 bits per heavy atom. The van der Waals surface area contributed by atoms with Gasteiger partial charge in [-0.1, -0.05) is 61.5 Å². The molecule has 11 nitrogen and oxygen atoms in total. The van der Waals surface area contributed by atoms with E-state index in [4.69, 9.17) is 9.47 Å². The number of nitrogens with one attached hydrogen (secondary N) is 1. The molecule has 0 aromatic heterocycles. The summed E-state index contributed by atoms with van der Waals surface area (Å²) in [5.74, 6) is -0.174. The van der Waals surface area contributed by atoms with Gasteiger partial charge in [0.25, 0.3) is 5.91 Å². The van der Waals surface area contributed by atoms with E-state index in [1.54, 1.807) is 18.2 Å². The molecule has 4 aliphatic rings.